The molecule has 1 aromatic rings. The monoisotopic (exact) mass is 228 g/mol. The summed E-state index contributed by atoms with van der Waals surface area (Å²) in [4.78, 5) is 35.5. The molecular weight excluding hydrogens is 216 g/mol. The minimum Gasteiger partial charge on any atom is -0.394 e. The molecule has 16 heavy (non-hydrogen) atoms. The van der Waals surface area contributed by atoms with E-state index in [4.69, 9.17) is 10.2 Å². The van der Waals surface area contributed by atoms with Gasteiger partial charge in [0.2, 0.25) is 0 Å². The van der Waals surface area contributed by atoms with Gasteiger partial charge in [0, 0.05) is 6.20 Å². The number of nitrogens with zero attached hydrogens (tertiary/aromatic N) is 1. The number of rotatable bonds is 4. The number of hydrogen-bond acceptors (Lipinski definition) is 5. The zero-order chi connectivity index (χ0) is 12.3. The molecule has 7 heteroatoms. The topological polar surface area (TPSA) is 112 Å². The molecule has 0 unspecified atom stereocenters. The van der Waals surface area contributed by atoms with E-state index in [0.29, 0.717) is 0 Å². The van der Waals surface area contributed by atoms with Crippen LogP contribution in [0.3, 0.4) is 0 Å². The molecule has 3 N–H and O–H groups in total. The Morgan fingerprint density at radius 2 is 2.19 bits per heavy atom. The molecule has 1 rings (SSSR count). The summed E-state index contributed by atoms with van der Waals surface area (Å²) in [6.07, 6.45) is -0.0500. The second kappa shape index (κ2) is 4.86. The zero-order valence-corrected chi connectivity index (χ0v) is 8.64. The van der Waals surface area contributed by atoms with Gasteiger partial charge in [-0.1, -0.05) is 0 Å². The molecule has 0 radical (unpaired) electrons. The van der Waals surface area contributed by atoms with Gasteiger partial charge in [-0.25, -0.2) is 4.79 Å². The Labute approximate surface area is 90.0 Å². The summed E-state index contributed by atoms with van der Waals surface area (Å²) in [7, 11) is 0. The van der Waals surface area contributed by atoms with Crippen molar-refractivity contribution in [2.45, 2.75) is 19.6 Å². The fraction of sp³-hybridized carbons (Fsp3) is 0.444. The maximum absolute atomic E-state index is 11.3. The zero-order valence-electron chi connectivity index (χ0n) is 8.64. The van der Waals surface area contributed by atoms with Crippen LogP contribution in [0.25, 0.3) is 0 Å². The molecule has 0 aliphatic rings. The number of carbonyl (C=O) groups is 1. The summed E-state index contributed by atoms with van der Waals surface area (Å²) in [5, 5.41) is 17.8. The van der Waals surface area contributed by atoms with Gasteiger partial charge in [-0.15, -0.1) is 0 Å². The number of nitrogens with one attached hydrogen (secondary N) is 1. The van der Waals surface area contributed by atoms with Gasteiger partial charge in [-0.05, 0) is 6.92 Å². The molecule has 1 aromatic heterocycles. The van der Waals surface area contributed by atoms with Gasteiger partial charge in [-0.3, -0.25) is 19.1 Å². The summed E-state index contributed by atoms with van der Waals surface area (Å²) in [6, 6.07) is 0. The molecule has 0 saturated heterocycles. The van der Waals surface area contributed by atoms with Crippen molar-refractivity contribution >= 4 is 5.78 Å². The molecule has 0 fully saturated rings. The van der Waals surface area contributed by atoms with Gasteiger partial charge in [0.1, 0.15) is 0 Å². The minimum absolute atomic E-state index is 0.162. The number of aromatic nitrogens is 2. The summed E-state index contributed by atoms with van der Waals surface area (Å²) < 4.78 is 0.971. The van der Waals surface area contributed by atoms with Crippen LogP contribution in [0, 0.1) is 0 Å². The van der Waals surface area contributed by atoms with Crippen LogP contribution in [-0.4, -0.2) is 38.3 Å². The number of hydrogen-bond donors (Lipinski definition) is 3. The molecule has 88 valence electrons. The summed E-state index contributed by atoms with van der Waals surface area (Å²) in [5.41, 5.74) is -1.65. The SMILES string of the molecule is CC(=O)c1cn(C[C@H](O)CO)c(=O)[nH]c1=O. The van der Waals surface area contributed by atoms with Crippen molar-refractivity contribution < 1.29 is 15.0 Å². The number of aromatic amines is 1. The quantitative estimate of drug-likeness (QED) is 0.521. The predicted octanol–water partition coefficient (Wildman–Crippen LogP) is -1.91. The first-order valence-electron chi connectivity index (χ1n) is 4.59. The Hall–Kier alpha value is -1.73. The van der Waals surface area contributed by atoms with Crippen LogP contribution in [0.15, 0.2) is 15.8 Å². The first kappa shape index (κ1) is 12.3. The standard InChI is InChI=1S/C9H12N2O5/c1-5(13)7-3-11(2-6(14)4-12)9(16)10-8(7)15/h3,6,12,14H,2,4H2,1H3,(H,10,15,16)/t6-/m0/s1. The average molecular weight is 228 g/mol. The van der Waals surface area contributed by atoms with Crippen molar-refractivity contribution in [1.82, 2.24) is 9.55 Å². The molecule has 0 aromatic carbocycles. The van der Waals surface area contributed by atoms with E-state index in [9.17, 15) is 14.4 Å². The molecule has 0 aliphatic carbocycles. The van der Waals surface area contributed by atoms with Crippen LogP contribution in [-0.2, 0) is 6.54 Å². The number of aliphatic hydroxyl groups is 2. The van der Waals surface area contributed by atoms with E-state index < -0.39 is 29.7 Å². The maximum atomic E-state index is 11.3. The van der Waals surface area contributed by atoms with E-state index in [2.05, 4.69) is 0 Å². The van der Waals surface area contributed by atoms with Crippen molar-refractivity contribution in [3.63, 3.8) is 0 Å². The number of Topliss-reactive ketones (excluding diaryl/α,β-unsaturated/α-hetero) is 1. The van der Waals surface area contributed by atoms with E-state index in [1.807, 2.05) is 4.98 Å². The van der Waals surface area contributed by atoms with Crippen LogP contribution >= 0.6 is 0 Å². The van der Waals surface area contributed by atoms with Crippen molar-refractivity contribution in [2.24, 2.45) is 0 Å². The first-order valence-corrected chi connectivity index (χ1v) is 4.59. The Morgan fingerprint density at radius 3 is 2.69 bits per heavy atom. The molecular formula is C9H12N2O5. The fourth-order valence-electron chi connectivity index (χ4n) is 1.18. The van der Waals surface area contributed by atoms with Crippen molar-refractivity contribution in [1.29, 1.82) is 0 Å². The van der Waals surface area contributed by atoms with Gasteiger partial charge in [0.05, 0.1) is 24.8 Å². The van der Waals surface area contributed by atoms with E-state index in [1.165, 1.54) is 6.92 Å². The highest BCUT2D eigenvalue weighted by Gasteiger charge is 2.11. The molecule has 1 atom stereocenters. The van der Waals surface area contributed by atoms with Crippen LogP contribution in [0.4, 0.5) is 0 Å². The highest BCUT2D eigenvalue weighted by molar-refractivity contribution is 5.93. The number of carbonyl (C=O) groups excluding carboxylic acids is 1. The van der Waals surface area contributed by atoms with Gasteiger partial charge >= 0.3 is 5.69 Å². The molecule has 0 bridgehead atoms. The van der Waals surface area contributed by atoms with E-state index in [1.54, 1.807) is 0 Å². The van der Waals surface area contributed by atoms with E-state index in [0.717, 1.165) is 10.8 Å². The number of ketones is 1. The second-order valence-electron chi connectivity index (χ2n) is 3.35. The minimum atomic E-state index is -1.12. The largest absolute Gasteiger partial charge is 0.394 e. The van der Waals surface area contributed by atoms with Crippen LogP contribution < -0.4 is 11.2 Å². The van der Waals surface area contributed by atoms with E-state index >= 15 is 0 Å². The Bertz CT molecular complexity index is 501. The average Bonchev–Trinajstić information content (AvgIpc) is 2.21. The molecule has 7 nitrogen and oxygen atoms in total. The van der Waals surface area contributed by atoms with Gasteiger partial charge in [0.25, 0.3) is 5.56 Å². The molecule has 0 spiro atoms. The highest BCUT2D eigenvalue weighted by atomic mass is 16.3. The van der Waals surface area contributed by atoms with Crippen LogP contribution in [0.5, 0.6) is 0 Å². The lowest BCUT2D eigenvalue weighted by molar-refractivity contribution is 0.0798. The molecule has 0 aliphatic heterocycles. The third-order valence-electron chi connectivity index (χ3n) is 2.01. The predicted molar refractivity (Wildman–Crippen MR) is 54.4 cm³/mol. The lowest BCUT2D eigenvalue weighted by Crippen LogP contribution is -2.36. The molecule has 0 amide bonds. The Morgan fingerprint density at radius 1 is 1.56 bits per heavy atom. The summed E-state index contributed by atoms with van der Waals surface area (Å²) >= 11 is 0. The first-order chi connectivity index (χ1) is 7.45. The Kier molecular flexibility index (Phi) is 3.75. The summed E-state index contributed by atoms with van der Waals surface area (Å²) in [5.74, 6) is -0.478. The normalized spacial score (nSPS) is 12.4. The highest BCUT2D eigenvalue weighted by Crippen LogP contribution is 1.92. The third kappa shape index (κ3) is 2.65. The van der Waals surface area contributed by atoms with E-state index in [-0.39, 0.29) is 12.1 Å². The fourth-order valence-corrected chi connectivity index (χ4v) is 1.18. The van der Waals surface area contributed by atoms with Crippen molar-refractivity contribution in [3.8, 4) is 0 Å². The van der Waals surface area contributed by atoms with Crippen LogP contribution in [0.2, 0.25) is 0 Å². The lowest BCUT2D eigenvalue weighted by atomic mass is 10.2. The maximum Gasteiger partial charge on any atom is 0.328 e. The number of H-pyrrole nitrogens is 1. The van der Waals surface area contributed by atoms with Crippen molar-refractivity contribution in [3.05, 3.63) is 32.6 Å². The smallest absolute Gasteiger partial charge is 0.328 e. The van der Waals surface area contributed by atoms with Crippen LogP contribution in [0.1, 0.15) is 17.3 Å². The van der Waals surface area contributed by atoms with Crippen molar-refractivity contribution in [2.75, 3.05) is 6.61 Å². The Balaban J connectivity index is 3.20. The third-order valence-corrected chi connectivity index (χ3v) is 2.01. The number of aliphatic hydroxyl groups excluding tert-OH is 2. The van der Waals surface area contributed by atoms with Gasteiger partial charge in [0.15, 0.2) is 5.78 Å². The molecule has 0 saturated carbocycles. The van der Waals surface area contributed by atoms with Gasteiger partial charge < -0.3 is 10.2 Å². The molecule has 1 heterocycles. The van der Waals surface area contributed by atoms with Gasteiger partial charge in [-0.2, -0.15) is 0 Å². The second-order valence-corrected chi connectivity index (χ2v) is 3.35. The summed E-state index contributed by atoms with van der Waals surface area (Å²) in [6.45, 7) is 0.495. The lowest BCUT2D eigenvalue weighted by Gasteiger charge is -2.09.